The first-order valence-corrected chi connectivity index (χ1v) is 8.40. The van der Waals surface area contributed by atoms with Crippen LogP contribution in [-0.2, 0) is 40.2 Å². The molecule has 22 heavy (non-hydrogen) atoms. The normalized spacial score (nSPS) is 36.3. The lowest BCUT2D eigenvalue weighted by Crippen LogP contribution is -2.51. The molecular formula is C9H11F2O9S2-. The second-order valence-electron chi connectivity index (χ2n) is 4.74. The predicted molar refractivity (Wildman–Crippen MR) is 63.2 cm³/mol. The Morgan fingerprint density at radius 2 is 2.05 bits per heavy atom. The standard InChI is InChI=1S/C9H12F2O9S2/c1-18-7-5(3-2-4(21(13)14)6(7)19-3)20-8(12)9(10,11)22(15,16)17/h3-7H,2H2,1H3,(H,13,14)(H,15,16,17)/p-1. The minimum atomic E-state index is -5.99. The summed E-state index contributed by atoms with van der Waals surface area (Å²) in [6, 6.07) is 0. The Hall–Kier alpha value is -0.730. The van der Waals surface area contributed by atoms with Gasteiger partial charge in [-0.2, -0.15) is 17.2 Å². The average Bonchev–Trinajstić information content (AvgIpc) is 2.94. The Morgan fingerprint density at radius 1 is 1.45 bits per heavy atom. The Kier molecular flexibility index (Phi) is 4.58. The summed E-state index contributed by atoms with van der Waals surface area (Å²) in [5.74, 6) is -2.49. The lowest BCUT2D eigenvalue weighted by atomic mass is 9.94. The van der Waals surface area contributed by atoms with Crippen molar-refractivity contribution in [2.24, 2.45) is 0 Å². The van der Waals surface area contributed by atoms with Crippen LogP contribution in [0, 0.1) is 0 Å². The van der Waals surface area contributed by atoms with E-state index in [1.165, 1.54) is 0 Å². The van der Waals surface area contributed by atoms with Crippen LogP contribution in [0.3, 0.4) is 0 Å². The molecule has 2 fully saturated rings. The van der Waals surface area contributed by atoms with Crippen molar-refractivity contribution in [1.82, 2.24) is 0 Å². The van der Waals surface area contributed by atoms with Crippen molar-refractivity contribution in [3.05, 3.63) is 0 Å². The van der Waals surface area contributed by atoms with E-state index in [9.17, 15) is 30.8 Å². The second-order valence-corrected chi connectivity index (χ2v) is 7.33. The first-order valence-electron chi connectivity index (χ1n) is 5.83. The fourth-order valence-electron chi connectivity index (χ4n) is 2.50. The molecule has 0 aromatic rings. The van der Waals surface area contributed by atoms with Gasteiger partial charge in [-0.25, -0.2) is 4.79 Å². The van der Waals surface area contributed by atoms with E-state index in [1.54, 1.807) is 0 Å². The summed E-state index contributed by atoms with van der Waals surface area (Å²) in [5.41, 5.74) is 0. The van der Waals surface area contributed by atoms with E-state index in [0.29, 0.717) is 0 Å². The maximum absolute atomic E-state index is 13.2. The molecule has 2 bridgehead atoms. The number of ether oxygens (including phenoxy) is 3. The van der Waals surface area contributed by atoms with Crippen molar-refractivity contribution in [2.45, 2.75) is 41.3 Å². The zero-order chi connectivity index (χ0) is 16.9. The summed E-state index contributed by atoms with van der Waals surface area (Å²) in [6.07, 6.45) is -4.72. The molecule has 128 valence electrons. The maximum atomic E-state index is 13.2. The van der Waals surface area contributed by atoms with E-state index in [1.807, 2.05) is 0 Å². The summed E-state index contributed by atoms with van der Waals surface area (Å²) in [7, 11) is -4.87. The van der Waals surface area contributed by atoms with Gasteiger partial charge in [0.25, 0.3) is 0 Å². The van der Waals surface area contributed by atoms with Gasteiger partial charge in [-0.3, -0.25) is 8.76 Å². The van der Waals surface area contributed by atoms with E-state index in [-0.39, 0.29) is 6.42 Å². The number of carbonyl (C=O) groups is 1. The summed E-state index contributed by atoms with van der Waals surface area (Å²) < 4.78 is 92.1. The van der Waals surface area contributed by atoms with Crippen molar-refractivity contribution in [1.29, 1.82) is 0 Å². The quantitative estimate of drug-likeness (QED) is 0.362. The molecule has 2 heterocycles. The lowest BCUT2D eigenvalue weighted by Gasteiger charge is -2.32. The molecule has 0 amide bonds. The molecular weight excluding hydrogens is 354 g/mol. The Bertz CT molecular complexity index is 592. The maximum Gasteiger partial charge on any atom is 0.465 e. The minimum Gasteiger partial charge on any atom is -0.772 e. The topological polar surface area (TPSA) is 139 Å². The molecule has 2 saturated heterocycles. The Labute approximate surface area is 125 Å². The van der Waals surface area contributed by atoms with Gasteiger partial charge in [-0.15, -0.1) is 0 Å². The summed E-state index contributed by atoms with van der Waals surface area (Å²) in [4.78, 5) is 11.3. The molecule has 0 spiro atoms. The predicted octanol–water partition coefficient (Wildman–Crippen LogP) is -1.19. The lowest BCUT2D eigenvalue weighted by molar-refractivity contribution is -0.175. The van der Waals surface area contributed by atoms with Crippen LogP contribution in [0.1, 0.15) is 6.42 Å². The van der Waals surface area contributed by atoms with Gasteiger partial charge >= 0.3 is 21.3 Å². The first kappa shape index (κ1) is 17.6. The van der Waals surface area contributed by atoms with Crippen molar-refractivity contribution < 1.29 is 49.5 Å². The highest BCUT2D eigenvalue weighted by molar-refractivity contribution is 7.87. The van der Waals surface area contributed by atoms with E-state index in [0.717, 1.165) is 7.11 Å². The molecule has 2 aliphatic rings. The molecule has 0 saturated carbocycles. The number of carbonyl (C=O) groups excluding carboxylic acids is 1. The van der Waals surface area contributed by atoms with Crippen LogP contribution in [0.5, 0.6) is 0 Å². The molecule has 9 nitrogen and oxygen atoms in total. The van der Waals surface area contributed by atoms with Gasteiger partial charge in [-0.1, -0.05) is 0 Å². The van der Waals surface area contributed by atoms with E-state index >= 15 is 0 Å². The summed E-state index contributed by atoms with van der Waals surface area (Å²) >= 11 is -2.50. The fourth-order valence-corrected chi connectivity index (χ4v) is 3.55. The van der Waals surface area contributed by atoms with Gasteiger partial charge in [0.1, 0.15) is 12.2 Å². The molecule has 0 aromatic heterocycles. The third kappa shape index (κ3) is 2.76. The largest absolute Gasteiger partial charge is 0.772 e. The highest BCUT2D eigenvalue weighted by Crippen LogP contribution is 2.41. The summed E-state index contributed by atoms with van der Waals surface area (Å²) in [6.45, 7) is 0. The molecule has 0 aliphatic carbocycles. The van der Waals surface area contributed by atoms with Crippen LogP contribution < -0.4 is 0 Å². The van der Waals surface area contributed by atoms with Crippen LogP contribution in [0.25, 0.3) is 0 Å². The van der Waals surface area contributed by atoms with Gasteiger partial charge < -0.3 is 18.8 Å². The van der Waals surface area contributed by atoms with Crippen LogP contribution in [-0.4, -0.2) is 69.7 Å². The van der Waals surface area contributed by atoms with Crippen molar-refractivity contribution >= 4 is 27.2 Å². The van der Waals surface area contributed by atoms with Gasteiger partial charge in [0.05, 0.1) is 11.4 Å². The number of hydrogen-bond acceptors (Lipinski definition) is 8. The van der Waals surface area contributed by atoms with Crippen LogP contribution in [0.2, 0.25) is 0 Å². The molecule has 2 rings (SSSR count). The van der Waals surface area contributed by atoms with E-state index in [2.05, 4.69) is 4.74 Å². The molecule has 6 atom stereocenters. The molecule has 0 aromatic carbocycles. The molecule has 0 radical (unpaired) electrons. The number of halogens is 2. The van der Waals surface area contributed by atoms with Crippen LogP contribution >= 0.6 is 0 Å². The number of fused-ring (bicyclic) bond motifs is 2. The third-order valence-electron chi connectivity index (χ3n) is 3.50. The number of rotatable bonds is 5. The number of methoxy groups -OCH3 is 1. The van der Waals surface area contributed by atoms with Crippen LogP contribution in [0.15, 0.2) is 0 Å². The molecule has 13 heteroatoms. The Morgan fingerprint density at radius 3 is 2.50 bits per heavy atom. The SMILES string of the molecule is COC1C(OC(=O)C(F)(F)S(=O)(=O)O)C2CC(S(=O)[O-])C1O2. The highest BCUT2D eigenvalue weighted by atomic mass is 32.2. The second kappa shape index (κ2) is 5.72. The Balaban J connectivity index is 2.15. The zero-order valence-electron chi connectivity index (χ0n) is 10.9. The van der Waals surface area contributed by atoms with E-state index in [4.69, 9.17) is 14.0 Å². The number of esters is 1. The van der Waals surface area contributed by atoms with Gasteiger partial charge in [-0.05, 0) is 17.5 Å². The smallest absolute Gasteiger partial charge is 0.465 e. The first-order chi connectivity index (χ1) is 10.0. The van der Waals surface area contributed by atoms with Crippen molar-refractivity contribution in [3.8, 4) is 0 Å². The number of hydrogen-bond donors (Lipinski definition) is 1. The monoisotopic (exact) mass is 365 g/mol. The average molecular weight is 365 g/mol. The van der Waals surface area contributed by atoms with Gasteiger partial charge in [0, 0.05) is 7.11 Å². The van der Waals surface area contributed by atoms with Gasteiger partial charge in [0.15, 0.2) is 6.10 Å². The molecule has 6 unspecified atom stereocenters. The van der Waals surface area contributed by atoms with E-state index < -0.39 is 62.1 Å². The van der Waals surface area contributed by atoms with Gasteiger partial charge in [0.2, 0.25) is 0 Å². The summed E-state index contributed by atoms with van der Waals surface area (Å²) in [5, 5.41) is -6.10. The third-order valence-corrected chi connectivity index (χ3v) is 5.27. The number of alkyl halides is 2. The van der Waals surface area contributed by atoms with Crippen molar-refractivity contribution in [2.75, 3.05) is 7.11 Å². The minimum absolute atomic E-state index is 0.115. The highest BCUT2D eigenvalue weighted by Gasteiger charge is 2.61. The van der Waals surface area contributed by atoms with Crippen LogP contribution in [0.4, 0.5) is 8.78 Å². The molecule has 2 aliphatic heterocycles. The zero-order valence-corrected chi connectivity index (χ0v) is 12.5. The fraction of sp³-hybridized carbons (Fsp3) is 0.889. The molecule has 1 N–H and O–H groups in total. The van der Waals surface area contributed by atoms with Crippen molar-refractivity contribution in [3.63, 3.8) is 0 Å².